The van der Waals surface area contributed by atoms with Gasteiger partial charge in [-0.3, -0.25) is 4.79 Å². The van der Waals surface area contributed by atoms with E-state index in [0.29, 0.717) is 0 Å². The minimum atomic E-state index is -0.927. The summed E-state index contributed by atoms with van der Waals surface area (Å²) in [7, 11) is 2.80. The van der Waals surface area contributed by atoms with Crippen molar-refractivity contribution < 1.29 is 19.4 Å². The van der Waals surface area contributed by atoms with Gasteiger partial charge in [-0.15, -0.1) is 0 Å². The molecule has 0 spiro atoms. The molecule has 0 atom stereocenters. The Morgan fingerprint density at radius 1 is 1.50 bits per heavy atom. The number of hydrogen-bond donors (Lipinski definition) is 1. The molecule has 1 N–H and O–H groups in total. The molecule has 4 nitrogen and oxygen atoms in total. The third-order valence-corrected chi connectivity index (χ3v) is 0.867. The van der Waals surface area contributed by atoms with E-state index < -0.39 is 12.3 Å². The minimum absolute atomic E-state index is 0. The summed E-state index contributed by atoms with van der Waals surface area (Å²) in [4.78, 5) is 9.97. The summed E-state index contributed by atoms with van der Waals surface area (Å²) >= 11 is 0. The fourth-order valence-electron chi connectivity index (χ4n) is 0.405. The summed E-state index contributed by atoms with van der Waals surface area (Å²) in [5.41, 5.74) is 0. The second-order valence-electron chi connectivity index (χ2n) is 1.50. The molecular formula is C5H11LiO4. The SMILES string of the molecule is COC(CC(=O)O)OC.[LiH]. The van der Waals surface area contributed by atoms with Crippen molar-refractivity contribution in [2.45, 2.75) is 12.7 Å². The van der Waals surface area contributed by atoms with Crippen LogP contribution in [0.15, 0.2) is 0 Å². The predicted octanol–water partition coefficient (Wildman–Crippen LogP) is -0.569. The van der Waals surface area contributed by atoms with Crippen LogP contribution in [-0.4, -0.2) is 50.4 Å². The Balaban J connectivity index is 0. The van der Waals surface area contributed by atoms with E-state index in [1.54, 1.807) is 0 Å². The Morgan fingerprint density at radius 2 is 1.90 bits per heavy atom. The van der Waals surface area contributed by atoms with E-state index in [1.165, 1.54) is 14.2 Å². The van der Waals surface area contributed by atoms with Gasteiger partial charge in [0.1, 0.15) is 0 Å². The standard InChI is InChI=1S/C5H10O4.Li.H/c1-8-5(9-2)3-4(6)7;;/h5H,3H2,1-2H3,(H,6,7);;. The molecule has 0 amide bonds. The van der Waals surface area contributed by atoms with E-state index in [2.05, 4.69) is 9.47 Å². The number of methoxy groups -OCH3 is 2. The third kappa shape index (κ3) is 6.11. The average Bonchev–Trinajstić information content (AvgIpc) is 1.82. The number of ether oxygens (including phenoxy) is 2. The van der Waals surface area contributed by atoms with Crippen molar-refractivity contribution in [2.24, 2.45) is 0 Å². The van der Waals surface area contributed by atoms with Crippen molar-refractivity contribution in [2.75, 3.05) is 14.2 Å². The Morgan fingerprint density at radius 3 is 2.00 bits per heavy atom. The van der Waals surface area contributed by atoms with E-state index in [-0.39, 0.29) is 25.3 Å². The predicted molar refractivity (Wildman–Crippen MR) is 37.2 cm³/mol. The number of aliphatic carboxylic acids is 1. The zero-order chi connectivity index (χ0) is 7.28. The molecule has 10 heavy (non-hydrogen) atoms. The second kappa shape index (κ2) is 7.10. The van der Waals surface area contributed by atoms with Crippen LogP contribution >= 0.6 is 0 Å². The molecule has 0 heterocycles. The first-order chi connectivity index (χ1) is 4.20. The number of carboxylic acid groups (broad SMARTS) is 1. The number of hydrogen-bond acceptors (Lipinski definition) is 3. The molecule has 0 rings (SSSR count). The van der Waals surface area contributed by atoms with Gasteiger partial charge in [0.25, 0.3) is 0 Å². The molecular weight excluding hydrogens is 131 g/mol. The first-order valence-corrected chi connectivity index (χ1v) is 2.48. The van der Waals surface area contributed by atoms with Crippen molar-refractivity contribution in [3.05, 3.63) is 0 Å². The molecule has 5 heteroatoms. The van der Waals surface area contributed by atoms with Crippen LogP contribution in [0.3, 0.4) is 0 Å². The zero-order valence-corrected chi connectivity index (χ0v) is 5.46. The Bertz CT molecular complexity index is 91.6. The molecule has 56 valence electrons. The molecule has 0 aliphatic carbocycles. The Kier molecular flexibility index (Phi) is 8.98. The molecule has 0 aromatic heterocycles. The topological polar surface area (TPSA) is 55.8 Å². The molecule has 0 unspecified atom stereocenters. The molecule has 0 saturated heterocycles. The van der Waals surface area contributed by atoms with Gasteiger partial charge in [0, 0.05) is 14.2 Å². The fraction of sp³-hybridized carbons (Fsp3) is 0.800. The third-order valence-electron chi connectivity index (χ3n) is 0.867. The van der Waals surface area contributed by atoms with Crippen LogP contribution in [0.1, 0.15) is 6.42 Å². The molecule has 0 aliphatic heterocycles. The van der Waals surface area contributed by atoms with Gasteiger partial charge in [-0.2, -0.15) is 0 Å². The van der Waals surface area contributed by atoms with Crippen LogP contribution in [0.4, 0.5) is 0 Å². The van der Waals surface area contributed by atoms with Crippen molar-refractivity contribution in [3.63, 3.8) is 0 Å². The van der Waals surface area contributed by atoms with E-state index in [0.717, 1.165) is 0 Å². The monoisotopic (exact) mass is 142 g/mol. The van der Waals surface area contributed by atoms with Crippen molar-refractivity contribution in [1.82, 2.24) is 0 Å². The summed E-state index contributed by atoms with van der Waals surface area (Å²) in [5.74, 6) is -0.927. The molecule has 0 bridgehead atoms. The van der Waals surface area contributed by atoms with Gasteiger partial charge in [0.05, 0.1) is 6.42 Å². The van der Waals surface area contributed by atoms with E-state index in [9.17, 15) is 4.79 Å². The van der Waals surface area contributed by atoms with Crippen LogP contribution in [0.2, 0.25) is 0 Å². The number of carbonyl (C=O) groups is 1. The Labute approximate surface area is 71.7 Å². The molecule has 0 aliphatic rings. The first kappa shape index (κ1) is 12.6. The van der Waals surface area contributed by atoms with Crippen LogP contribution in [0, 0.1) is 0 Å². The van der Waals surface area contributed by atoms with Gasteiger partial charge in [-0.05, 0) is 0 Å². The van der Waals surface area contributed by atoms with Crippen molar-refractivity contribution in [1.29, 1.82) is 0 Å². The van der Waals surface area contributed by atoms with Crippen LogP contribution < -0.4 is 0 Å². The summed E-state index contributed by atoms with van der Waals surface area (Å²) < 4.78 is 9.21. The van der Waals surface area contributed by atoms with Gasteiger partial charge in [-0.25, -0.2) is 0 Å². The summed E-state index contributed by atoms with van der Waals surface area (Å²) in [5, 5.41) is 8.19. The van der Waals surface area contributed by atoms with Crippen molar-refractivity contribution >= 4 is 24.8 Å². The maximum atomic E-state index is 9.97. The fourth-order valence-corrected chi connectivity index (χ4v) is 0.405. The second-order valence-corrected chi connectivity index (χ2v) is 1.50. The summed E-state index contributed by atoms with van der Waals surface area (Å²) in [6, 6.07) is 0. The van der Waals surface area contributed by atoms with Crippen LogP contribution in [0.5, 0.6) is 0 Å². The summed E-state index contributed by atoms with van der Waals surface area (Å²) in [6.45, 7) is 0. The quantitative estimate of drug-likeness (QED) is 0.422. The molecule has 0 aromatic carbocycles. The number of carboxylic acids is 1. The van der Waals surface area contributed by atoms with Crippen LogP contribution in [-0.2, 0) is 14.3 Å². The first-order valence-electron chi connectivity index (χ1n) is 2.48. The maximum absolute atomic E-state index is 9.97. The molecule has 0 aromatic rings. The number of rotatable bonds is 4. The zero-order valence-electron chi connectivity index (χ0n) is 5.46. The van der Waals surface area contributed by atoms with Gasteiger partial charge >= 0.3 is 24.8 Å². The van der Waals surface area contributed by atoms with Crippen molar-refractivity contribution in [3.8, 4) is 0 Å². The average molecular weight is 142 g/mol. The summed E-state index contributed by atoms with van der Waals surface area (Å²) in [6.07, 6.45) is -0.741. The molecule has 0 fully saturated rings. The Hall–Kier alpha value is -0.0126. The van der Waals surface area contributed by atoms with Gasteiger partial charge in [0.2, 0.25) is 0 Å². The van der Waals surface area contributed by atoms with E-state index >= 15 is 0 Å². The van der Waals surface area contributed by atoms with E-state index in [1.807, 2.05) is 0 Å². The van der Waals surface area contributed by atoms with Gasteiger partial charge in [0.15, 0.2) is 6.29 Å². The van der Waals surface area contributed by atoms with E-state index in [4.69, 9.17) is 5.11 Å². The normalized spacial score (nSPS) is 9.10. The molecule has 0 radical (unpaired) electrons. The van der Waals surface area contributed by atoms with Crippen LogP contribution in [0.25, 0.3) is 0 Å². The van der Waals surface area contributed by atoms with Gasteiger partial charge in [-0.1, -0.05) is 0 Å². The van der Waals surface area contributed by atoms with Gasteiger partial charge < -0.3 is 14.6 Å². The molecule has 0 saturated carbocycles.